The summed E-state index contributed by atoms with van der Waals surface area (Å²) >= 11 is 5.64. The lowest BCUT2D eigenvalue weighted by Gasteiger charge is -2.23. The first-order valence-corrected chi connectivity index (χ1v) is 5.40. The molecular weight excluding hydrogens is 202 g/mol. The fraction of sp³-hybridized carbons (Fsp3) is 0.700. The van der Waals surface area contributed by atoms with Crippen molar-refractivity contribution in [2.24, 2.45) is 0 Å². The minimum Gasteiger partial charge on any atom is -0.441 e. The molecule has 0 bridgehead atoms. The van der Waals surface area contributed by atoms with Gasteiger partial charge in [-0.3, -0.25) is 0 Å². The Morgan fingerprint density at radius 1 is 1.57 bits per heavy atom. The number of nitrogens with zero attached hydrogens (tertiary/aromatic N) is 1. The highest BCUT2D eigenvalue weighted by Gasteiger charge is 2.39. The third-order valence-corrected chi connectivity index (χ3v) is 3.15. The van der Waals surface area contributed by atoms with Crippen LogP contribution in [0.2, 0.25) is 0 Å². The standard InChI is InChI=1S/C10H14ClNO2/c1-13-10(4-2-3-5-10)8-7-12-9(6-11)14-8/h7H,2-6H2,1H3. The number of alkyl halides is 1. The maximum absolute atomic E-state index is 5.64. The predicted molar refractivity (Wildman–Crippen MR) is 53.2 cm³/mol. The quantitative estimate of drug-likeness (QED) is 0.728. The van der Waals surface area contributed by atoms with E-state index in [9.17, 15) is 0 Å². The molecule has 1 saturated carbocycles. The van der Waals surface area contributed by atoms with Crippen molar-refractivity contribution in [1.82, 2.24) is 4.98 Å². The molecule has 0 saturated heterocycles. The summed E-state index contributed by atoms with van der Waals surface area (Å²) in [6.45, 7) is 0. The van der Waals surface area contributed by atoms with E-state index < -0.39 is 0 Å². The lowest BCUT2D eigenvalue weighted by molar-refractivity contribution is -0.0267. The van der Waals surface area contributed by atoms with Crippen molar-refractivity contribution in [3.8, 4) is 0 Å². The monoisotopic (exact) mass is 215 g/mol. The Labute approximate surface area is 88.4 Å². The Morgan fingerprint density at radius 2 is 2.29 bits per heavy atom. The molecule has 3 nitrogen and oxygen atoms in total. The molecule has 0 aromatic carbocycles. The molecular formula is C10H14ClNO2. The first-order chi connectivity index (χ1) is 6.80. The van der Waals surface area contributed by atoms with Crippen LogP contribution >= 0.6 is 11.6 Å². The van der Waals surface area contributed by atoms with Gasteiger partial charge in [0, 0.05) is 7.11 Å². The molecule has 0 N–H and O–H groups in total. The van der Waals surface area contributed by atoms with Crippen LogP contribution in [0.3, 0.4) is 0 Å². The molecule has 4 heteroatoms. The van der Waals surface area contributed by atoms with Crippen LogP contribution in [0.25, 0.3) is 0 Å². The van der Waals surface area contributed by atoms with Gasteiger partial charge < -0.3 is 9.15 Å². The maximum atomic E-state index is 5.64. The van der Waals surface area contributed by atoms with E-state index in [0.29, 0.717) is 11.8 Å². The summed E-state index contributed by atoms with van der Waals surface area (Å²) in [7, 11) is 1.73. The Hall–Kier alpha value is -0.540. The minimum atomic E-state index is -0.239. The Bertz CT molecular complexity index is 305. The van der Waals surface area contributed by atoms with Crippen LogP contribution in [-0.4, -0.2) is 12.1 Å². The lowest BCUT2D eigenvalue weighted by atomic mass is 10.00. The van der Waals surface area contributed by atoms with Crippen LogP contribution in [0, 0.1) is 0 Å². The minimum absolute atomic E-state index is 0.239. The molecule has 14 heavy (non-hydrogen) atoms. The van der Waals surface area contributed by atoms with Gasteiger partial charge in [0.2, 0.25) is 5.89 Å². The van der Waals surface area contributed by atoms with Crippen molar-refractivity contribution in [2.75, 3.05) is 7.11 Å². The zero-order valence-corrected chi connectivity index (χ0v) is 9.01. The highest BCUT2D eigenvalue weighted by Crippen LogP contribution is 2.41. The van der Waals surface area contributed by atoms with Crippen molar-refractivity contribution in [3.63, 3.8) is 0 Å². The molecule has 1 fully saturated rings. The molecule has 0 unspecified atom stereocenters. The average molecular weight is 216 g/mol. The van der Waals surface area contributed by atoms with Gasteiger partial charge in [-0.05, 0) is 25.7 Å². The molecule has 2 rings (SSSR count). The molecule has 1 aliphatic carbocycles. The van der Waals surface area contributed by atoms with Gasteiger partial charge in [-0.1, -0.05) is 0 Å². The SMILES string of the molecule is COC1(c2cnc(CCl)o2)CCCC1. The van der Waals surface area contributed by atoms with E-state index in [2.05, 4.69) is 4.98 Å². The summed E-state index contributed by atoms with van der Waals surface area (Å²) in [5.74, 6) is 1.72. The second-order valence-electron chi connectivity index (χ2n) is 3.66. The smallest absolute Gasteiger partial charge is 0.209 e. The molecule has 1 aliphatic rings. The number of hydrogen-bond acceptors (Lipinski definition) is 3. The van der Waals surface area contributed by atoms with Crippen molar-refractivity contribution in [1.29, 1.82) is 0 Å². The molecule has 0 spiro atoms. The van der Waals surface area contributed by atoms with Gasteiger partial charge in [0.25, 0.3) is 0 Å². The van der Waals surface area contributed by atoms with Crippen LogP contribution < -0.4 is 0 Å². The van der Waals surface area contributed by atoms with Crippen LogP contribution in [0.4, 0.5) is 0 Å². The highest BCUT2D eigenvalue weighted by atomic mass is 35.5. The largest absolute Gasteiger partial charge is 0.441 e. The van der Waals surface area contributed by atoms with E-state index in [-0.39, 0.29) is 5.60 Å². The number of ether oxygens (including phenoxy) is 1. The van der Waals surface area contributed by atoms with Crippen molar-refractivity contribution < 1.29 is 9.15 Å². The van der Waals surface area contributed by atoms with Gasteiger partial charge in [0.15, 0.2) is 5.76 Å². The fourth-order valence-corrected chi connectivity index (χ4v) is 2.20. The van der Waals surface area contributed by atoms with Gasteiger partial charge in [0.1, 0.15) is 5.60 Å². The van der Waals surface area contributed by atoms with Gasteiger partial charge in [-0.25, -0.2) is 4.98 Å². The van der Waals surface area contributed by atoms with E-state index in [1.807, 2.05) is 0 Å². The van der Waals surface area contributed by atoms with Gasteiger partial charge in [-0.2, -0.15) is 0 Å². The first-order valence-electron chi connectivity index (χ1n) is 4.87. The second kappa shape index (κ2) is 3.91. The van der Waals surface area contributed by atoms with E-state index >= 15 is 0 Å². The summed E-state index contributed by atoms with van der Waals surface area (Å²) in [5, 5.41) is 0. The van der Waals surface area contributed by atoms with Crippen LogP contribution in [-0.2, 0) is 16.2 Å². The van der Waals surface area contributed by atoms with Crippen LogP contribution in [0.15, 0.2) is 10.6 Å². The zero-order chi connectivity index (χ0) is 10.0. The topological polar surface area (TPSA) is 35.3 Å². The molecule has 1 aromatic rings. The first kappa shape index (κ1) is 9.99. The molecule has 1 aromatic heterocycles. The third-order valence-electron chi connectivity index (χ3n) is 2.92. The number of rotatable bonds is 3. The van der Waals surface area contributed by atoms with E-state index in [1.165, 1.54) is 12.8 Å². The van der Waals surface area contributed by atoms with E-state index in [4.69, 9.17) is 20.8 Å². The molecule has 0 radical (unpaired) electrons. The maximum Gasteiger partial charge on any atom is 0.209 e. The molecule has 0 amide bonds. The normalized spacial score (nSPS) is 20.1. The number of aromatic nitrogens is 1. The van der Waals surface area contributed by atoms with Crippen LogP contribution in [0.1, 0.15) is 37.3 Å². The van der Waals surface area contributed by atoms with Gasteiger partial charge >= 0.3 is 0 Å². The Morgan fingerprint density at radius 3 is 2.79 bits per heavy atom. The van der Waals surface area contributed by atoms with Crippen molar-refractivity contribution >= 4 is 11.6 Å². The third kappa shape index (κ3) is 1.55. The average Bonchev–Trinajstić information content (AvgIpc) is 2.87. The number of hydrogen-bond donors (Lipinski definition) is 0. The zero-order valence-electron chi connectivity index (χ0n) is 8.25. The number of halogens is 1. The van der Waals surface area contributed by atoms with Crippen LogP contribution in [0.5, 0.6) is 0 Å². The second-order valence-corrected chi connectivity index (χ2v) is 3.92. The summed E-state index contributed by atoms with van der Waals surface area (Å²) in [5.41, 5.74) is -0.239. The van der Waals surface area contributed by atoms with Crippen molar-refractivity contribution in [3.05, 3.63) is 17.8 Å². The number of methoxy groups -OCH3 is 1. The van der Waals surface area contributed by atoms with Crippen molar-refractivity contribution in [2.45, 2.75) is 37.2 Å². The summed E-state index contributed by atoms with van der Waals surface area (Å²) < 4.78 is 11.1. The number of oxazole rings is 1. The Balaban J connectivity index is 2.26. The molecule has 1 heterocycles. The van der Waals surface area contributed by atoms with Gasteiger partial charge in [0.05, 0.1) is 12.1 Å². The predicted octanol–water partition coefficient (Wildman–Crippen LogP) is 2.83. The molecule has 0 atom stereocenters. The van der Waals surface area contributed by atoms with Gasteiger partial charge in [-0.15, -0.1) is 11.6 Å². The summed E-state index contributed by atoms with van der Waals surface area (Å²) in [6, 6.07) is 0. The Kier molecular flexibility index (Phi) is 2.79. The lowest BCUT2D eigenvalue weighted by Crippen LogP contribution is -2.23. The summed E-state index contributed by atoms with van der Waals surface area (Å²) in [4.78, 5) is 4.09. The highest BCUT2D eigenvalue weighted by molar-refractivity contribution is 6.16. The fourth-order valence-electron chi connectivity index (χ4n) is 2.08. The molecule has 78 valence electrons. The molecule has 0 aliphatic heterocycles. The van der Waals surface area contributed by atoms with E-state index in [0.717, 1.165) is 18.6 Å². The summed E-state index contributed by atoms with van der Waals surface area (Å²) in [6.07, 6.45) is 6.14. The van der Waals surface area contributed by atoms with E-state index in [1.54, 1.807) is 13.3 Å².